The molecule has 0 amide bonds. The van der Waals surface area contributed by atoms with E-state index >= 15 is 0 Å². The number of aliphatic hydroxyl groups is 1. The fraction of sp³-hybridized carbons (Fsp3) is 0.353. The Morgan fingerprint density at radius 1 is 1.24 bits per heavy atom. The van der Waals surface area contributed by atoms with Crippen molar-refractivity contribution in [2.75, 3.05) is 18.9 Å². The number of hydrogen-bond acceptors (Lipinski definition) is 8. The zero-order valence-corrected chi connectivity index (χ0v) is 15.6. The minimum Gasteiger partial charge on any atom is -0.395 e. The molecule has 1 aromatic carbocycles. The number of thiazole rings is 1. The Kier molecular flexibility index (Phi) is 6.19. The number of nitrogens with one attached hydrogen (secondary N) is 1. The Morgan fingerprint density at radius 2 is 2.04 bits per heavy atom. The van der Waals surface area contributed by atoms with Gasteiger partial charge in [-0.25, -0.2) is 15.0 Å². The van der Waals surface area contributed by atoms with Gasteiger partial charge in [0.05, 0.1) is 23.0 Å². The second kappa shape index (κ2) is 8.57. The van der Waals surface area contributed by atoms with Crippen molar-refractivity contribution in [2.45, 2.75) is 30.3 Å². The van der Waals surface area contributed by atoms with E-state index in [1.54, 1.807) is 11.8 Å². The van der Waals surface area contributed by atoms with Crippen molar-refractivity contribution in [3.05, 3.63) is 41.6 Å². The number of nitrogens with two attached hydrogens (primary N) is 1. The number of benzene rings is 1. The fourth-order valence-corrected chi connectivity index (χ4v) is 4.15. The maximum atomic E-state index is 9.11. The third kappa shape index (κ3) is 4.46. The van der Waals surface area contributed by atoms with Crippen LogP contribution in [-0.2, 0) is 5.75 Å². The van der Waals surface area contributed by atoms with E-state index in [1.807, 2.05) is 18.2 Å². The number of aromatic nitrogens is 3. The molecule has 4 N–H and O–H groups in total. The van der Waals surface area contributed by atoms with Gasteiger partial charge in [0.25, 0.3) is 0 Å². The van der Waals surface area contributed by atoms with Crippen molar-refractivity contribution in [3.8, 4) is 0 Å². The lowest BCUT2D eigenvalue weighted by Gasteiger charge is -2.16. The zero-order valence-electron chi connectivity index (χ0n) is 14.0. The molecule has 6 nitrogen and oxygen atoms in total. The highest BCUT2D eigenvalue weighted by Gasteiger charge is 2.19. The lowest BCUT2D eigenvalue weighted by molar-refractivity contribution is 0.283. The van der Waals surface area contributed by atoms with Gasteiger partial charge in [-0.2, -0.15) is 0 Å². The molecule has 0 radical (unpaired) electrons. The number of nitrogen functional groups attached to an aromatic ring is 1. The Hall–Kier alpha value is -1.74. The van der Waals surface area contributed by atoms with Crippen molar-refractivity contribution < 1.29 is 5.11 Å². The summed E-state index contributed by atoms with van der Waals surface area (Å²) >= 11 is 3.00. The van der Waals surface area contributed by atoms with Crippen LogP contribution in [0.4, 0.5) is 5.13 Å². The Balaban J connectivity index is 1.91. The van der Waals surface area contributed by atoms with Gasteiger partial charge in [0, 0.05) is 12.3 Å². The summed E-state index contributed by atoms with van der Waals surface area (Å²) in [7, 11) is 0. The maximum absolute atomic E-state index is 9.11. The van der Waals surface area contributed by atoms with Gasteiger partial charge >= 0.3 is 0 Å². The summed E-state index contributed by atoms with van der Waals surface area (Å²) in [5.41, 5.74) is 8.67. The van der Waals surface area contributed by atoms with Gasteiger partial charge in [0.2, 0.25) is 0 Å². The first kappa shape index (κ1) is 18.1. The number of rotatable bonds is 8. The average molecular weight is 376 g/mol. The predicted molar refractivity (Wildman–Crippen MR) is 104 cm³/mol. The normalized spacial score (nSPS) is 12.6. The quantitative estimate of drug-likeness (QED) is 0.411. The molecular formula is C17H21N5OS2. The number of fused-ring (bicyclic) bond motifs is 1. The summed E-state index contributed by atoms with van der Waals surface area (Å²) in [6.07, 6.45) is 0.854. The molecule has 0 saturated carbocycles. The zero-order chi connectivity index (χ0) is 17.6. The van der Waals surface area contributed by atoms with E-state index in [2.05, 4.69) is 34.3 Å². The molecule has 1 unspecified atom stereocenters. The molecule has 0 bridgehead atoms. The minimum absolute atomic E-state index is 0.0357. The Labute approximate surface area is 154 Å². The molecule has 8 heteroatoms. The number of hydrogen-bond donors (Lipinski definition) is 3. The van der Waals surface area contributed by atoms with E-state index in [4.69, 9.17) is 15.8 Å². The highest BCUT2D eigenvalue weighted by molar-refractivity contribution is 7.98. The van der Waals surface area contributed by atoms with E-state index in [9.17, 15) is 0 Å². The van der Waals surface area contributed by atoms with Crippen molar-refractivity contribution in [2.24, 2.45) is 0 Å². The monoisotopic (exact) mass is 375 g/mol. The molecule has 0 aliphatic carbocycles. The lowest BCUT2D eigenvalue weighted by Crippen LogP contribution is -2.25. The first-order chi connectivity index (χ1) is 12.2. The number of nitrogens with zero attached hydrogens (tertiary/aromatic N) is 3. The largest absolute Gasteiger partial charge is 0.395 e. The third-order valence-electron chi connectivity index (χ3n) is 3.73. The molecule has 2 heterocycles. The molecule has 2 aromatic heterocycles. The van der Waals surface area contributed by atoms with Gasteiger partial charge in [-0.15, -0.1) is 0 Å². The summed E-state index contributed by atoms with van der Waals surface area (Å²) in [5, 5.41) is 13.6. The van der Waals surface area contributed by atoms with Crippen LogP contribution < -0.4 is 11.1 Å². The van der Waals surface area contributed by atoms with Crippen LogP contribution in [-0.4, -0.2) is 33.2 Å². The molecule has 25 heavy (non-hydrogen) atoms. The van der Waals surface area contributed by atoms with Crippen molar-refractivity contribution in [1.82, 2.24) is 20.3 Å². The average Bonchev–Trinajstić information content (AvgIpc) is 3.01. The number of anilines is 1. The third-order valence-corrected chi connectivity index (χ3v) is 5.54. The molecule has 0 spiro atoms. The summed E-state index contributed by atoms with van der Waals surface area (Å²) in [6.45, 7) is 2.69. The van der Waals surface area contributed by atoms with Crippen LogP contribution in [0.3, 0.4) is 0 Å². The van der Waals surface area contributed by atoms with Crippen LogP contribution >= 0.6 is 23.1 Å². The van der Waals surface area contributed by atoms with Gasteiger partial charge in [-0.3, -0.25) is 0 Å². The van der Waals surface area contributed by atoms with Gasteiger partial charge in [-0.05, 0) is 12.0 Å². The number of thioether (sulfide) groups is 1. The van der Waals surface area contributed by atoms with Crippen LogP contribution in [0.5, 0.6) is 0 Å². The molecule has 0 saturated heterocycles. The van der Waals surface area contributed by atoms with E-state index in [1.165, 1.54) is 16.9 Å². The minimum atomic E-state index is 0.0357. The first-order valence-electron chi connectivity index (χ1n) is 8.16. The standard InChI is InChI=1S/C17H21N5OS2/c1-2-12(19-8-9-23)13-14-15(21-16(18)25-14)22-17(20-13)24-10-11-6-4-3-5-7-11/h3-7,12,19,23H,2,8-10H2,1H3,(H2,18,20,21,22). The van der Waals surface area contributed by atoms with Crippen molar-refractivity contribution in [1.29, 1.82) is 0 Å². The Bertz CT molecular complexity index is 825. The Morgan fingerprint density at radius 3 is 2.76 bits per heavy atom. The van der Waals surface area contributed by atoms with Crippen molar-refractivity contribution >= 4 is 38.6 Å². The first-order valence-corrected chi connectivity index (χ1v) is 9.96. The van der Waals surface area contributed by atoms with Gasteiger partial charge < -0.3 is 16.2 Å². The van der Waals surface area contributed by atoms with Crippen LogP contribution in [0.1, 0.15) is 30.6 Å². The predicted octanol–water partition coefficient (Wildman–Crippen LogP) is 2.99. The second-order valence-electron chi connectivity index (χ2n) is 5.51. The van der Waals surface area contributed by atoms with E-state index in [0.717, 1.165) is 22.6 Å². The van der Waals surface area contributed by atoms with E-state index in [-0.39, 0.29) is 12.6 Å². The summed E-state index contributed by atoms with van der Waals surface area (Å²) in [6, 6.07) is 10.3. The highest BCUT2D eigenvalue weighted by Crippen LogP contribution is 2.32. The summed E-state index contributed by atoms with van der Waals surface area (Å²) in [5.74, 6) is 0.798. The second-order valence-corrected chi connectivity index (χ2v) is 7.48. The van der Waals surface area contributed by atoms with Crippen LogP contribution in [0.15, 0.2) is 35.5 Å². The molecule has 0 aliphatic heterocycles. The highest BCUT2D eigenvalue weighted by atomic mass is 32.2. The lowest BCUT2D eigenvalue weighted by atomic mass is 10.1. The SMILES string of the molecule is CCC(NCCO)c1nc(SCc2ccccc2)nc2nc(N)sc12. The molecule has 3 aromatic rings. The van der Waals surface area contributed by atoms with E-state index in [0.29, 0.717) is 22.5 Å². The van der Waals surface area contributed by atoms with Gasteiger partial charge in [-0.1, -0.05) is 60.4 Å². The van der Waals surface area contributed by atoms with Crippen LogP contribution in [0.25, 0.3) is 10.3 Å². The molecule has 0 aliphatic rings. The van der Waals surface area contributed by atoms with E-state index < -0.39 is 0 Å². The fourth-order valence-electron chi connectivity index (χ4n) is 2.54. The van der Waals surface area contributed by atoms with Gasteiger partial charge in [0.15, 0.2) is 15.9 Å². The van der Waals surface area contributed by atoms with Crippen molar-refractivity contribution in [3.63, 3.8) is 0 Å². The molecule has 1 atom stereocenters. The molecular weight excluding hydrogens is 354 g/mol. The smallest absolute Gasteiger partial charge is 0.190 e. The maximum Gasteiger partial charge on any atom is 0.190 e. The molecule has 3 rings (SSSR count). The number of aliphatic hydroxyl groups excluding tert-OH is 1. The molecule has 132 valence electrons. The molecule has 0 fully saturated rings. The topological polar surface area (TPSA) is 97.0 Å². The van der Waals surface area contributed by atoms with Crippen LogP contribution in [0.2, 0.25) is 0 Å². The summed E-state index contributed by atoms with van der Waals surface area (Å²) < 4.78 is 0.916. The van der Waals surface area contributed by atoms with Gasteiger partial charge in [0.1, 0.15) is 0 Å². The summed E-state index contributed by atoms with van der Waals surface area (Å²) in [4.78, 5) is 13.7. The van der Waals surface area contributed by atoms with Crippen LogP contribution in [0, 0.1) is 0 Å².